The van der Waals surface area contributed by atoms with E-state index >= 15 is 0 Å². The summed E-state index contributed by atoms with van der Waals surface area (Å²) in [5.41, 5.74) is 5.31. The first-order valence-electron chi connectivity index (χ1n) is 12.5. The van der Waals surface area contributed by atoms with Crippen LogP contribution < -0.4 is 0 Å². The minimum absolute atomic E-state index is 0.424. The Bertz CT molecular complexity index is 780. The quantitative estimate of drug-likeness (QED) is 0.146. The number of thioether (sulfide) groups is 1. The molecule has 0 fully saturated rings. The van der Waals surface area contributed by atoms with Gasteiger partial charge >= 0.3 is 0 Å². The zero-order chi connectivity index (χ0) is 23.2. The van der Waals surface area contributed by atoms with Gasteiger partial charge in [-0.1, -0.05) is 117 Å². The van der Waals surface area contributed by atoms with Crippen molar-refractivity contribution >= 4 is 17.3 Å². The Morgan fingerprint density at radius 2 is 1.78 bits per heavy atom. The van der Waals surface area contributed by atoms with Gasteiger partial charge in [0.15, 0.2) is 0 Å². The van der Waals surface area contributed by atoms with Gasteiger partial charge in [0.25, 0.3) is 0 Å². The summed E-state index contributed by atoms with van der Waals surface area (Å²) in [7, 11) is 0. The molecule has 0 saturated carbocycles. The van der Waals surface area contributed by atoms with Crippen molar-refractivity contribution < 1.29 is 0 Å². The molecule has 0 heterocycles. The Morgan fingerprint density at radius 3 is 2.44 bits per heavy atom. The maximum atomic E-state index is 4.05. The SMILES string of the molecule is C=C/C(=C\C1C=CC(CCCCCC(C)CCCCC(=C)C)=CC1SC)c1ccccc1. The number of rotatable bonds is 15. The van der Waals surface area contributed by atoms with E-state index in [0.29, 0.717) is 11.2 Å². The zero-order valence-electron chi connectivity index (χ0n) is 20.7. The van der Waals surface area contributed by atoms with E-state index in [9.17, 15) is 0 Å². The van der Waals surface area contributed by atoms with Crippen molar-refractivity contribution in [3.63, 3.8) is 0 Å². The highest BCUT2D eigenvalue weighted by molar-refractivity contribution is 7.99. The molecule has 0 spiro atoms. The van der Waals surface area contributed by atoms with E-state index in [1.807, 2.05) is 17.8 Å². The molecule has 0 bridgehead atoms. The van der Waals surface area contributed by atoms with Crippen molar-refractivity contribution in [2.24, 2.45) is 11.8 Å². The standard InChI is InChI=1S/C31H44S/c1-6-28(29-19-11-8-12-20-29)24-30-22-21-27(23-31(30)32-5)18-10-7-9-16-26(4)17-14-13-15-25(2)3/h6,8,11-12,19-24,26,30-31H,1-2,7,9-10,13-18H2,3-5H3/b28-24+. The summed E-state index contributed by atoms with van der Waals surface area (Å²) in [6.07, 6.45) is 25.7. The van der Waals surface area contributed by atoms with Crippen LogP contribution in [0.5, 0.6) is 0 Å². The highest BCUT2D eigenvalue weighted by Gasteiger charge is 2.19. The molecule has 1 aromatic carbocycles. The van der Waals surface area contributed by atoms with Gasteiger partial charge in [-0.25, -0.2) is 0 Å². The van der Waals surface area contributed by atoms with Crippen LogP contribution in [0.3, 0.4) is 0 Å². The van der Waals surface area contributed by atoms with Gasteiger partial charge in [0.2, 0.25) is 0 Å². The van der Waals surface area contributed by atoms with Crippen molar-refractivity contribution in [2.45, 2.75) is 76.9 Å². The van der Waals surface area contributed by atoms with E-state index in [4.69, 9.17) is 0 Å². The van der Waals surface area contributed by atoms with Gasteiger partial charge in [-0.3, -0.25) is 0 Å². The molecule has 3 atom stereocenters. The van der Waals surface area contributed by atoms with Crippen LogP contribution in [0.25, 0.3) is 5.57 Å². The molecule has 0 radical (unpaired) electrons. The Morgan fingerprint density at radius 1 is 1.06 bits per heavy atom. The van der Waals surface area contributed by atoms with Gasteiger partial charge in [-0.15, -0.1) is 6.58 Å². The van der Waals surface area contributed by atoms with Crippen LogP contribution in [-0.2, 0) is 0 Å². The summed E-state index contributed by atoms with van der Waals surface area (Å²) in [6, 6.07) is 10.6. The first kappa shape index (κ1) is 26.5. The van der Waals surface area contributed by atoms with Gasteiger partial charge in [0.05, 0.1) is 0 Å². The highest BCUT2D eigenvalue weighted by atomic mass is 32.2. The molecule has 0 aromatic heterocycles. The second-order valence-corrected chi connectivity index (χ2v) is 10.5. The van der Waals surface area contributed by atoms with Crippen molar-refractivity contribution in [1.29, 1.82) is 0 Å². The normalized spacial score (nSPS) is 19.5. The lowest BCUT2D eigenvalue weighted by Crippen LogP contribution is -2.14. The molecule has 1 aliphatic carbocycles. The number of hydrogen-bond acceptors (Lipinski definition) is 1. The fraction of sp³-hybridized carbons (Fsp3) is 0.484. The first-order valence-corrected chi connectivity index (χ1v) is 13.8. The summed E-state index contributed by atoms with van der Waals surface area (Å²) in [5.74, 6) is 1.29. The van der Waals surface area contributed by atoms with Crippen molar-refractivity contribution in [3.8, 4) is 0 Å². The summed E-state index contributed by atoms with van der Waals surface area (Å²) in [6.45, 7) is 12.6. The fourth-order valence-electron chi connectivity index (χ4n) is 4.45. The van der Waals surface area contributed by atoms with E-state index in [1.54, 1.807) is 0 Å². The van der Waals surface area contributed by atoms with E-state index < -0.39 is 0 Å². The minimum Gasteiger partial charge on any atom is -0.157 e. The topological polar surface area (TPSA) is 0 Å². The van der Waals surface area contributed by atoms with Crippen LogP contribution in [0.15, 0.2) is 85.0 Å². The molecule has 32 heavy (non-hydrogen) atoms. The third kappa shape index (κ3) is 9.82. The van der Waals surface area contributed by atoms with Crippen molar-refractivity contribution in [2.75, 3.05) is 6.26 Å². The van der Waals surface area contributed by atoms with Crippen LogP contribution in [-0.4, -0.2) is 11.5 Å². The Kier molecular flexibility index (Phi) is 12.6. The van der Waals surface area contributed by atoms with E-state index in [0.717, 1.165) is 5.92 Å². The second-order valence-electron chi connectivity index (χ2n) is 9.48. The third-order valence-electron chi connectivity index (χ3n) is 6.47. The lowest BCUT2D eigenvalue weighted by atomic mass is 9.90. The van der Waals surface area contributed by atoms with Gasteiger partial charge < -0.3 is 0 Å². The number of benzene rings is 1. The van der Waals surface area contributed by atoms with Crippen LogP contribution in [0.2, 0.25) is 0 Å². The van der Waals surface area contributed by atoms with Gasteiger partial charge in [-0.05, 0) is 55.9 Å². The summed E-state index contributed by atoms with van der Waals surface area (Å²) < 4.78 is 0. The molecule has 3 unspecified atom stereocenters. The molecule has 0 aliphatic heterocycles. The average molecular weight is 449 g/mol. The zero-order valence-corrected chi connectivity index (χ0v) is 21.5. The molecule has 1 aromatic rings. The predicted octanol–water partition coefficient (Wildman–Crippen LogP) is 9.82. The lowest BCUT2D eigenvalue weighted by Gasteiger charge is -2.23. The van der Waals surface area contributed by atoms with Gasteiger partial charge in [-0.2, -0.15) is 11.8 Å². The van der Waals surface area contributed by atoms with E-state index in [2.05, 4.69) is 87.9 Å². The lowest BCUT2D eigenvalue weighted by molar-refractivity contribution is 0.441. The molecular weight excluding hydrogens is 404 g/mol. The number of hydrogen-bond donors (Lipinski definition) is 0. The molecular formula is C31H44S. The van der Waals surface area contributed by atoms with E-state index in [1.165, 1.54) is 80.1 Å². The van der Waals surface area contributed by atoms with E-state index in [-0.39, 0.29) is 0 Å². The van der Waals surface area contributed by atoms with Crippen LogP contribution in [0, 0.1) is 11.8 Å². The van der Waals surface area contributed by atoms with Gasteiger partial charge in [0, 0.05) is 11.2 Å². The highest BCUT2D eigenvalue weighted by Crippen LogP contribution is 2.32. The summed E-state index contributed by atoms with van der Waals surface area (Å²) in [5, 5.41) is 0.507. The third-order valence-corrected chi connectivity index (χ3v) is 7.47. The second kappa shape index (κ2) is 15.2. The summed E-state index contributed by atoms with van der Waals surface area (Å²) in [4.78, 5) is 0. The molecule has 0 N–H and O–H groups in total. The van der Waals surface area contributed by atoms with Crippen molar-refractivity contribution in [3.05, 3.63) is 90.6 Å². The number of unbranched alkanes of at least 4 members (excludes halogenated alkanes) is 3. The average Bonchev–Trinajstić information content (AvgIpc) is 2.81. The molecule has 0 nitrogen and oxygen atoms in total. The van der Waals surface area contributed by atoms with Crippen LogP contribution in [0.1, 0.15) is 77.2 Å². The fourth-order valence-corrected chi connectivity index (χ4v) is 5.24. The van der Waals surface area contributed by atoms with Gasteiger partial charge in [0.1, 0.15) is 0 Å². The number of allylic oxidation sites excluding steroid dienone is 7. The molecule has 1 aliphatic rings. The largest absolute Gasteiger partial charge is 0.157 e. The molecule has 0 amide bonds. The van der Waals surface area contributed by atoms with Crippen LogP contribution >= 0.6 is 11.8 Å². The van der Waals surface area contributed by atoms with Crippen LogP contribution in [0.4, 0.5) is 0 Å². The maximum Gasteiger partial charge on any atom is 0.0327 e. The first-order chi connectivity index (χ1) is 15.5. The summed E-state index contributed by atoms with van der Waals surface area (Å²) >= 11 is 1.95. The molecule has 1 heteroatoms. The molecule has 0 saturated heterocycles. The minimum atomic E-state index is 0.424. The monoisotopic (exact) mass is 448 g/mol. The molecule has 174 valence electrons. The molecule has 2 rings (SSSR count). The van der Waals surface area contributed by atoms with Crippen molar-refractivity contribution in [1.82, 2.24) is 0 Å². The Balaban J connectivity index is 1.74. The Labute approximate surface area is 202 Å². The smallest absolute Gasteiger partial charge is 0.0327 e. The predicted molar refractivity (Wildman–Crippen MR) is 148 cm³/mol. The maximum absolute atomic E-state index is 4.05. The Hall–Kier alpha value is -1.73.